The van der Waals surface area contributed by atoms with Crippen molar-refractivity contribution in [1.29, 1.82) is 0 Å². The van der Waals surface area contributed by atoms with Gasteiger partial charge in [-0.15, -0.1) is 0 Å². The molecule has 0 fully saturated rings. The lowest BCUT2D eigenvalue weighted by atomic mass is 10.0. The van der Waals surface area contributed by atoms with Gasteiger partial charge in [0.25, 0.3) is 5.91 Å². The molecular formula is C8H8N2O2. The molecule has 0 bridgehead atoms. The number of fused-ring (bicyclic) bond motifs is 1. The Balaban J connectivity index is 2.63. The predicted octanol–water partition coefficient (Wildman–Crippen LogP) is 0.241. The van der Waals surface area contributed by atoms with Crippen LogP contribution in [0.5, 0.6) is 0 Å². The highest BCUT2D eigenvalue weighted by Gasteiger charge is 2.41. The van der Waals surface area contributed by atoms with Gasteiger partial charge in [0.1, 0.15) is 5.69 Å². The van der Waals surface area contributed by atoms with E-state index in [-0.39, 0.29) is 0 Å². The summed E-state index contributed by atoms with van der Waals surface area (Å²) in [4.78, 5) is 15.1. The summed E-state index contributed by atoms with van der Waals surface area (Å²) in [5.74, 6) is -0.420. The van der Waals surface area contributed by atoms with E-state index in [1.165, 1.54) is 6.92 Å². The topological polar surface area (TPSA) is 62.2 Å². The molecule has 1 aliphatic heterocycles. The average Bonchev–Trinajstić information content (AvgIpc) is 2.25. The Bertz CT molecular complexity index is 347. The molecule has 1 aliphatic rings. The van der Waals surface area contributed by atoms with Gasteiger partial charge >= 0.3 is 0 Å². The number of carbonyl (C=O) groups excluding carboxylic acids is 1. The Kier molecular flexibility index (Phi) is 1.23. The smallest absolute Gasteiger partial charge is 0.262 e. The lowest BCUT2D eigenvalue weighted by molar-refractivity contribution is -0.132. The molecule has 1 aromatic heterocycles. The maximum absolute atomic E-state index is 11.2. The lowest BCUT2D eigenvalue weighted by Crippen LogP contribution is -2.30. The molecule has 12 heavy (non-hydrogen) atoms. The number of pyridine rings is 1. The van der Waals surface area contributed by atoms with Gasteiger partial charge in [-0.1, -0.05) is 0 Å². The number of hydrogen-bond donors (Lipinski definition) is 2. The van der Waals surface area contributed by atoms with Crippen LogP contribution >= 0.6 is 0 Å². The summed E-state index contributed by atoms with van der Waals surface area (Å²) < 4.78 is 0. The highest BCUT2D eigenvalue weighted by atomic mass is 16.3. The molecule has 0 aliphatic carbocycles. The zero-order valence-electron chi connectivity index (χ0n) is 6.53. The van der Waals surface area contributed by atoms with Gasteiger partial charge in [0.05, 0.1) is 5.69 Å². The van der Waals surface area contributed by atoms with Crippen molar-refractivity contribution in [2.75, 3.05) is 5.32 Å². The first-order chi connectivity index (χ1) is 5.62. The number of nitrogens with one attached hydrogen (secondary N) is 1. The fraction of sp³-hybridized carbons (Fsp3) is 0.250. The molecule has 0 radical (unpaired) electrons. The minimum absolute atomic E-state index is 0.398. The molecule has 2 rings (SSSR count). The van der Waals surface area contributed by atoms with Crippen molar-refractivity contribution in [3.63, 3.8) is 0 Å². The third-order valence-corrected chi connectivity index (χ3v) is 1.96. The van der Waals surface area contributed by atoms with Crippen molar-refractivity contribution in [2.45, 2.75) is 12.5 Å². The molecule has 1 unspecified atom stereocenters. The Morgan fingerprint density at radius 1 is 1.67 bits per heavy atom. The fourth-order valence-corrected chi connectivity index (χ4v) is 1.25. The van der Waals surface area contributed by atoms with Crippen LogP contribution < -0.4 is 5.32 Å². The van der Waals surface area contributed by atoms with Crippen LogP contribution in [0.15, 0.2) is 18.3 Å². The summed E-state index contributed by atoms with van der Waals surface area (Å²) in [5, 5.41) is 12.2. The van der Waals surface area contributed by atoms with Gasteiger partial charge in [0, 0.05) is 6.20 Å². The normalized spacial score (nSPS) is 26.7. The van der Waals surface area contributed by atoms with Crippen LogP contribution in [0.1, 0.15) is 12.6 Å². The van der Waals surface area contributed by atoms with E-state index in [1.807, 2.05) is 0 Å². The van der Waals surface area contributed by atoms with E-state index in [2.05, 4.69) is 10.3 Å². The van der Waals surface area contributed by atoms with Crippen molar-refractivity contribution >= 4 is 11.6 Å². The van der Waals surface area contributed by atoms with Crippen molar-refractivity contribution in [3.05, 3.63) is 24.0 Å². The SMILES string of the molecule is CC1(O)C(=O)Nc2cccnc21. The van der Waals surface area contributed by atoms with E-state index in [4.69, 9.17) is 0 Å². The van der Waals surface area contributed by atoms with Crippen LogP contribution in [-0.2, 0) is 10.4 Å². The third-order valence-electron chi connectivity index (χ3n) is 1.96. The van der Waals surface area contributed by atoms with E-state index in [0.29, 0.717) is 11.4 Å². The van der Waals surface area contributed by atoms with Gasteiger partial charge in [-0.25, -0.2) is 0 Å². The highest BCUT2D eigenvalue weighted by molar-refractivity contribution is 6.03. The standard InChI is InChI=1S/C8H8N2O2/c1-8(12)6-5(10-7(8)11)3-2-4-9-6/h2-4,12H,1H3,(H,10,11). The van der Waals surface area contributed by atoms with Crippen LogP contribution in [-0.4, -0.2) is 16.0 Å². The number of aromatic nitrogens is 1. The van der Waals surface area contributed by atoms with Crippen molar-refractivity contribution in [3.8, 4) is 0 Å². The summed E-state index contributed by atoms with van der Waals surface area (Å²) in [7, 11) is 0. The van der Waals surface area contributed by atoms with Gasteiger partial charge in [-0.2, -0.15) is 0 Å². The Labute approximate surface area is 69.2 Å². The minimum Gasteiger partial charge on any atom is -0.374 e. The van der Waals surface area contributed by atoms with E-state index in [0.717, 1.165) is 0 Å². The van der Waals surface area contributed by atoms with Crippen LogP contribution in [0.4, 0.5) is 5.69 Å². The van der Waals surface area contributed by atoms with E-state index >= 15 is 0 Å². The molecular weight excluding hydrogens is 156 g/mol. The Morgan fingerprint density at radius 2 is 2.42 bits per heavy atom. The maximum Gasteiger partial charge on any atom is 0.262 e. The maximum atomic E-state index is 11.2. The summed E-state index contributed by atoms with van der Waals surface area (Å²) in [5.41, 5.74) is -0.487. The van der Waals surface area contributed by atoms with Gasteiger partial charge < -0.3 is 10.4 Å². The first kappa shape index (κ1) is 7.24. The number of carbonyl (C=O) groups is 1. The number of nitrogens with zero attached hydrogens (tertiary/aromatic N) is 1. The molecule has 1 amide bonds. The van der Waals surface area contributed by atoms with Crippen LogP contribution in [0.2, 0.25) is 0 Å². The number of rotatable bonds is 0. The molecule has 4 nitrogen and oxygen atoms in total. The predicted molar refractivity (Wildman–Crippen MR) is 42.4 cm³/mol. The molecule has 0 spiro atoms. The fourth-order valence-electron chi connectivity index (χ4n) is 1.25. The summed E-state index contributed by atoms with van der Waals surface area (Å²) >= 11 is 0. The summed E-state index contributed by atoms with van der Waals surface area (Å²) in [6.07, 6.45) is 1.55. The minimum atomic E-state index is -1.48. The molecule has 0 aromatic carbocycles. The molecule has 1 atom stereocenters. The van der Waals surface area contributed by atoms with Crippen molar-refractivity contribution in [2.24, 2.45) is 0 Å². The van der Waals surface area contributed by atoms with Gasteiger partial charge in [-0.05, 0) is 19.1 Å². The zero-order chi connectivity index (χ0) is 8.77. The molecule has 4 heteroatoms. The molecule has 0 saturated heterocycles. The number of anilines is 1. The van der Waals surface area contributed by atoms with Crippen LogP contribution in [0.3, 0.4) is 0 Å². The molecule has 2 heterocycles. The molecule has 62 valence electrons. The first-order valence-corrected chi connectivity index (χ1v) is 3.61. The Morgan fingerprint density at radius 3 is 3.08 bits per heavy atom. The van der Waals surface area contributed by atoms with E-state index < -0.39 is 11.5 Å². The Hall–Kier alpha value is -1.42. The summed E-state index contributed by atoms with van der Waals surface area (Å²) in [6.45, 7) is 1.43. The number of hydrogen-bond acceptors (Lipinski definition) is 3. The largest absolute Gasteiger partial charge is 0.374 e. The lowest BCUT2D eigenvalue weighted by Gasteiger charge is -2.11. The molecule has 2 N–H and O–H groups in total. The number of aliphatic hydroxyl groups is 1. The highest BCUT2D eigenvalue weighted by Crippen LogP contribution is 2.32. The van der Waals surface area contributed by atoms with Gasteiger partial charge in [-0.3, -0.25) is 9.78 Å². The second kappa shape index (κ2) is 2.04. The van der Waals surface area contributed by atoms with Gasteiger partial charge in [0.15, 0.2) is 5.60 Å². The second-order valence-corrected chi connectivity index (χ2v) is 2.93. The first-order valence-electron chi connectivity index (χ1n) is 3.61. The van der Waals surface area contributed by atoms with E-state index in [1.54, 1.807) is 18.3 Å². The van der Waals surface area contributed by atoms with Crippen molar-refractivity contribution < 1.29 is 9.90 Å². The van der Waals surface area contributed by atoms with Crippen molar-refractivity contribution in [1.82, 2.24) is 4.98 Å². The third kappa shape index (κ3) is 0.753. The van der Waals surface area contributed by atoms with Crippen LogP contribution in [0, 0.1) is 0 Å². The molecule has 1 aromatic rings. The summed E-state index contributed by atoms with van der Waals surface area (Å²) in [6, 6.07) is 3.42. The second-order valence-electron chi connectivity index (χ2n) is 2.93. The number of amides is 1. The van der Waals surface area contributed by atoms with E-state index in [9.17, 15) is 9.90 Å². The quantitative estimate of drug-likeness (QED) is 0.577. The van der Waals surface area contributed by atoms with Crippen LogP contribution in [0.25, 0.3) is 0 Å². The molecule has 0 saturated carbocycles. The average molecular weight is 164 g/mol. The monoisotopic (exact) mass is 164 g/mol. The van der Waals surface area contributed by atoms with Gasteiger partial charge in [0.2, 0.25) is 0 Å². The zero-order valence-corrected chi connectivity index (χ0v) is 6.53.